The first kappa shape index (κ1) is 9.78. The molecule has 0 bridgehead atoms. The Balaban J connectivity index is 2.49. The Labute approximate surface area is 88.5 Å². The van der Waals surface area contributed by atoms with Gasteiger partial charge in [0.15, 0.2) is 0 Å². The van der Waals surface area contributed by atoms with Crippen LogP contribution in [0.1, 0.15) is 19.4 Å². The van der Waals surface area contributed by atoms with Crippen molar-refractivity contribution in [1.82, 2.24) is 0 Å². The van der Waals surface area contributed by atoms with E-state index in [1.807, 2.05) is 0 Å². The van der Waals surface area contributed by atoms with Crippen LogP contribution in [0.25, 0.3) is 0 Å². The highest BCUT2D eigenvalue weighted by atomic mass is 35.5. The molecule has 0 saturated carbocycles. The number of benzene rings is 1. The summed E-state index contributed by atoms with van der Waals surface area (Å²) in [4.78, 5) is 2.22. The monoisotopic (exact) mass is 213 g/mol. The molecule has 1 aliphatic rings. The maximum atomic E-state index is 13.0. The van der Waals surface area contributed by atoms with Crippen LogP contribution in [0.2, 0.25) is 5.02 Å². The molecule has 1 nitrogen and oxygen atoms in total. The highest BCUT2D eigenvalue weighted by Crippen LogP contribution is 2.36. The van der Waals surface area contributed by atoms with E-state index in [-0.39, 0.29) is 5.82 Å². The minimum atomic E-state index is -0.237. The van der Waals surface area contributed by atoms with Gasteiger partial charge in [-0.2, -0.15) is 0 Å². The third-order valence-electron chi connectivity index (χ3n) is 2.64. The van der Waals surface area contributed by atoms with Crippen LogP contribution >= 0.6 is 11.6 Å². The second-order valence-corrected chi connectivity index (χ2v) is 4.34. The van der Waals surface area contributed by atoms with Gasteiger partial charge in [-0.25, -0.2) is 4.39 Å². The van der Waals surface area contributed by atoms with Crippen molar-refractivity contribution in [2.75, 3.05) is 11.4 Å². The summed E-state index contributed by atoms with van der Waals surface area (Å²) in [6.45, 7) is 5.18. The molecule has 0 saturated heterocycles. The lowest BCUT2D eigenvalue weighted by molar-refractivity contribution is 0.626. The van der Waals surface area contributed by atoms with E-state index in [0.29, 0.717) is 11.1 Å². The number of hydrogen-bond donors (Lipinski definition) is 0. The Morgan fingerprint density at radius 3 is 2.79 bits per heavy atom. The largest absolute Gasteiger partial charge is 0.367 e. The van der Waals surface area contributed by atoms with E-state index in [2.05, 4.69) is 18.7 Å². The molecule has 0 aromatic heterocycles. The lowest BCUT2D eigenvalue weighted by Gasteiger charge is -2.24. The first-order valence-corrected chi connectivity index (χ1v) is 5.22. The van der Waals surface area contributed by atoms with Crippen LogP contribution < -0.4 is 4.90 Å². The fraction of sp³-hybridized carbons (Fsp3) is 0.455. The minimum absolute atomic E-state index is 0.237. The smallest absolute Gasteiger partial charge is 0.125 e. The predicted octanol–water partition coefficient (Wildman–Crippen LogP) is 3.25. The maximum Gasteiger partial charge on any atom is 0.125 e. The Morgan fingerprint density at radius 2 is 2.14 bits per heavy atom. The summed E-state index contributed by atoms with van der Waals surface area (Å²) in [7, 11) is 0. The Kier molecular flexibility index (Phi) is 2.40. The summed E-state index contributed by atoms with van der Waals surface area (Å²) in [5.74, 6) is -0.237. The Bertz CT molecular complexity index is 363. The van der Waals surface area contributed by atoms with Gasteiger partial charge in [0.1, 0.15) is 5.82 Å². The second kappa shape index (κ2) is 3.43. The first-order valence-electron chi connectivity index (χ1n) is 4.84. The fourth-order valence-corrected chi connectivity index (χ4v) is 2.33. The van der Waals surface area contributed by atoms with Crippen molar-refractivity contribution >= 4 is 17.3 Å². The van der Waals surface area contributed by atoms with Gasteiger partial charge in [0.05, 0.1) is 10.7 Å². The molecule has 0 spiro atoms. The minimum Gasteiger partial charge on any atom is -0.367 e. The number of fused-ring (bicyclic) bond motifs is 1. The molecule has 0 N–H and O–H groups in total. The van der Waals surface area contributed by atoms with Crippen LogP contribution in [-0.4, -0.2) is 12.6 Å². The van der Waals surface area contributed by atoms with E-state index in [1.54, 1.807) is 6.07 Å². The lowest BCUT2D eigenvalue weighted by Crippen LogP contribution is -2.28. The highest BCUT2D eigenvalue weighted by molar-refractivity contribution is 6.33. The van der Waals surface area contributed by atoms with Gasteiger partial charge in [0.25, 0.3) is 0 Å². The van der Waals surface area contributed by atoms with Gasteiger partial charge in [0, 0.05) is 12.6 Å². The van der Waals surface area contributed by atoms with Crippen LogP contribution in [0.15, 0.2) is 12.1 Å². The number of halogens is 2. The molecule has 1 aliphatic heterocycles. The Hall–Kier alpha value is -0.760. The number of hydrogen-bond acceptors (Lipinski definition) is 1. The number of rotatable bonds is 1. The van der Waals surface area contributed by atoms with Crippen molar-refractivity contribution in [2.45, 2.75) is 26.3 Å². The third-order valence-corrected chi connectivity index (χ3v) is 2.93. The van der Waals surface area contributed by atoms with Gasteiger partial charge in [-0.05, 0) is 38.0 Å². The summed E-state index contributed by atoms with van der Waals surface area (Å²) in [5, 5.41) is 0.534. The van der Waals surface area contributed by atoms with Gasteiger partial charge >= 0.3 is 0 Å². The van der Waals surface area contributed by atoms with Crippen LogP contribution in [0, 0.1) is 5.82 Å². The molecule has 0 fully saturated rings. The predicted molar refractivity (Wildman–Crippen MR) is 57.6 cm³/mol. The SMILES string of the molecule is CC(C)N1CCc2cc(F)cc(Cl)c21. The zero-order valence-corrected chi connectivity index (χ0v) is 9.11. The van der Waals surface area contributed by atoms with Crippen LogP contribution in [-0.2, 0) is 6.42 Å². The van der Waals surface area contributed by atoms with Gasteiger partial charge in [0.2, 0.25) is 0 Å². The molecule has 0 atom stereocenters. The van der Waals surface area contributed by atoms with E-state index in [1.165, 1.54) is 6.07 Å². The molecule has 1 heterocycles. The topological polar surface area (TPSA) is 3.24 Å². The summed E-state index contributed by atoms with van der Waals surface area (Å²) in [5.41, 5.74) is 2.05. The fourth-order valence-electron chi connectivity index (χ4n) is 2.00. The molecule has 1 aromatic rings. The van der Waals surface area contributed by atoms with Crippen molar-refractivity contribution in [3.63, 3.8) is 0 Å². The second-order valence-electron chi connectivity index (χ2n) is 3.93. The molecule has 0 amide bonds. The molecule has 0 radical (unpaired) electrons. The van der Waals surface area contributed by atoms with Gasteiger partial charge in [-0.1, -0.05) is 11.6 Å². The molecule has 0 aliphatic carbocycles. The van der Waals surface area contributed by atoms with Gasteiger partial charge < -0.3 is 4.90 Å². The Morgan fingerprint density at radius 1 is 1.43 bits per heavy atom. The molecule has 1 aromatic carbocycles. The van der Waals surface area contributed by atoms with Gasteiger partial charge in [-0.15, -0.1) is 0 Å². The normalized spacial score (nSPS) is 15.1. The molecular formula is C11H13ClFN. The third kappa shape index (κ3) is 1.48. The van der Waals surface area contributed by atoms with Crippen molar-refractivity contribution in [1.29, 1.82) is 0 Å². The number of nitrogens with zero attached hydrogens (tertiary/aromatic N) is 1. The summed E-state index contributed by atoms with van der Waals surface area (Å²) in [6, 6.07) is 3.39. The first-order chi connectivity index (χ1) is 6.59. The van der Waals surface area contributed by atoms with Gasteiger partial charge in [-0.3, -0.25) is 0 Å². The van der Waals surface area contributed by atoms with E-state index >= 15 is 0 Å². The molecule has 76 valence electrons. The van der Waals surface area contributed by atoms with E-state index in [4.69, 9.17) is 11.6 Å². The zero-order valence-electron chi connectivity index (χ0n) is 8.35. The lowest BCUT2D eigenvalue weighted by atomic mass is 10.1. The van der Waals surface area contributed by atoms with Crippen molar-refractivity contribution in [3.05, 3.63) is 28.5 Å². The molecule has 2 rings (SSSR count). The molecular weight excluding hydrogens is 201 g/mol. The maximum absolute atomic E-state index is 13.0. The molecule has 3 heteroatoms. The van der Waals surface area contributed by atoms with Crippen molar-refractivity contribution < 1.29 is 4.39 Å². The van der Waals surface area contributed by atoms with E-state index < -0.39 is 0 Å². The van der Waals surface area contributed by atoms with Crippen LogP contribution in [0.5, 0.6) is 0 Å². The summed E-state index contributed by atoms with van der Waals surface area (Å²) < 4.78 is 13.0. The van der Waals surface area contributed by atoms with Crippen molar-refractivity contribution in [2.24, 2.45) is 0 Å². The number of anilines is 1. The summed E-state index contributed by atoms with van der Waals surface area (Å²) in [6.07, 6.45) is 0.894. The standard InChI is InChI=1S/C11H13ClFN/c1-7(2)14-4-3-8-5-9(13)6-10(12)11(8)14/h5-7H,3-4H2,1-2H3. The molecule has 0 unspecified atom stereocenters. The van der Waals surface area contributed by atoms with E-state index in [0.717, 1.165) is 24.2 Å². The summed E-state index contributed by atoms with van der Waals surface area (Å²) >= 11 is 6.03. The molecule has 14 heavy (non-hydrogen) atoms. The average molecular weight is 214 g/mol. The van der Waals surface area contributed by atoms with Crippen LogP contribution in [0.3, 0.4) is 0 Å². The van der Waals surface area contributed by atoms with Crippen LogP contribution in [0.4, 0.5) is 10.1 Å². The highest BCUT2D eigenvalue weighted by Gasteiger charge is 2.24. The zero-order chi connectivity index (χ0) is 10.3. The van der Waals surface area contributed by atoms with Crippen molar-refractivity contribution in [3.8, 4) is 0 Å². The van der Waals surface area contributed by atoms with E-state index in [9.17, 15) is 4.39 Å². The average Bonchev–Trinajstić information content (AvgIpc) is 2.47. The quantitative estimate of drug-likeness (QED) is 0.692.